The predicted octanol–water partition coefficient (Wildman–Crippen LogP) is 1.62. The van der Waals surface area contributed by atoms with Gasteiger partial charge in [0.1, 0.15) is 5.56 Å². The summed E-state index contributed by atoms with van der Waals surface area (Å²) in [4.78, 5) is 26.6. The molecule has 6 N–H and O–H groups in total. The van der Waals surface area contributed by atoms with Crippen molar-refractivity contribution in [3.63, 3.8) is 0 Å². The molecule has 133 valence electrons. The number of nitrogens with one attached hydrogen (secondary N) is 2. The number of aromatic nitrogens is 1. The van der Waals surface area contributed by atoms with Gasteiger partial charge < -0.3 is 34.8 Å². The Labute approximate surface area is 173 Å². The summed E-state index contributed by atoms with van der Waals surface area (Å²) in [5, 5.41) is 3.27. The average Bonchev–Trinajstić information content (AvgIpc) is 2.49. The Bertz CT molecular complexity index is 796. The summed E-state index contributed by atoms with van der Waals surface area (Å²) in [5.41, 5.74) is 0.657. The van der Waals surface area contributed by atoms with Gasteiger partial charge in [0.15, 0.2) is 0 Å². The van der Waals surface area contributed by atoms with Crippen molar-refractivity contribution >= 4 is 29.1 Å². The van der Waals surface area contributed by atoms with Crippen LogP contribution in [0.3, 0.4) is 0 Å². The summed E-state index contributed by atoms with van der Waals surface area (Å²) in [6, 6.07) is 7.43. The number of H-pyrrole nitrogens is 1. The van der Waals surface area contributed by atoms with Crippen molar-refractivity contribution < 1.29 is 41.6 Å². The van der Waals surface area contributed by atoms with E-state index in [2.05, 4.69) is 17.2 Å². The number of aromatic amines is 1. The van der Waals surface area contributed by atoms with Gasteiger partial charge in [-0.15, -0.1) is 6.04 Å². The second-order valence-electron chi connectivity index (χ2n) is 4.52. The van der Waals surface area contributed by atoms with E-state index < -0.39 is 17.5 Å². The molecule has 2 aromatic rings. The third kappa shape index (κ3) is 6.52. The number of carbonyl (C=O) groups is 1. The number of carbonyl (C=O) groups excluding carboxylic acids is 1. The van der Waals surface area contributed by atoms with Crippen LogP contribution in [0.15, 0.2) is 41.2 Å². The van der Waals surface area contributed by atoms with E-state index >= 15 is 0 Å². The van der Waals surface area contributed by atoms with Crippen molar-refractivity contribution in [1.82, 2.24) is 10.3 Å². The third-order valence-corrected chi connectivity index (χ3v) is 3.67. The van der Waals surface area contributed by atoms with Crippen molar-refractivity contribution in [3.05, 3.63) is 75.9 Å². The minimum absolute atomic E-state index is 0. The van der Waals surface area contributed by atoms with Crippen LogP contribution in [-0.2, 0) is 25.8 Å². The fourth-order valence-corrected chi connectivity index (χ4v) is 2.08. The largest absolute Gasteiger partial charge is 0.519 e. The number of halogens is 2. The number of rotatable bonds is 4. The van der Waals surface area contributed by atoms with Crippen LogP contribution in [0, 0.1) is 13.5 Å². The third-order valence-electron chi connectivity index (χ3n) is 2.93. The molecule has 0 aliphatic heterocycles. The normalized spacial score (nSPS) is 10.4. The van der Waals surface area contributed by atoms with Crippen LogP contribution in [-0.4, -0.2) is 27.9 Å². The summed E-state index contributed by atoms with van der Waals surface area (Å²) in [6.07, 6.45) is 1.22. The first-order valence-corrected chi connectivity index (χ1v) is 7.05. The van der Waals surface area contributed by atoms with E-state index in [-0.39, 0.29) is 42.4 Å². The fourth-order valence-electron chi connectivity index (χ4n) is 1.78. The van der Waals surface area contributed by atoms with E-state index in [1.165, 1.54) is 12.1 Å². The molecule has 25 heavy (non-hydrogen) atoms. The van der Waals surface area contributed by atoms with Gasteiger partial charge in [0.25, 0.3) is 11.5 Å². The number of hydrogen-bond donors (Lipinski definition) is 2. The molecule has 0 bridgehead atoms. The Morgan fingerprint density at radius 1 is 1.20 bits per heavy atom. The Hall–Kier alpha value is -1.25. The van der Waals surface area contributed by atoms with Gasteiger partial charge in [-0.25, -0.2) is 0 Å². The fraction of sp³-hybridized carbons (Fsp3) is 0.0625. The maximum atomic E-state index is 12.0. The zero-order valence-corrected chi connectivity index (χ0v) is 16.3. The van der Waals surface area contributed by atoms with Crippen molar-refractivity contribution in [2.24, 2.45) is 0 Å². The van der Waals surface area contributed by atoms with Crippen LogP contribution < -0.4 is 10.9 Å². The quantitative estimate of drug-likeness (QED) is 0.736. The summed E-state index contributed by atoms with van der Waals surface area (Å²) in [7, 11) is 0. The van der Waals surface area contributed by atoms with Crippen LogP contribution in [0.2, 0.25) is 10.0 Å². The van der Waals surface area contributed by atoms with Crippen LogP contribution in [0.5, 0.6) is 0 Å². The predicted molar refractivity (Wildman–Crippen MR) is 95.2 cm³/mol. The van der Waals surface area contributed by atoms with Crippen molar-refractivity contribution in [2.75, 3.05) is 0 Å². The Balaban J connectivity index is 0. The van der Waals surface area contributed by atoms with Gasteiger partial charge >= 0.3 is 0 Å². The topological polar surface area (TPSA) is 125 Å². The van der Waals surface area contributed by atoms with Gasteiger partial charge in [-0.05, 0) is 29.8 Å². The van der Waals surface area contributed by atoms with E-state index in [4.69, 9.17) is 29.8 Å². The first kappa shape index (κ1) is 26.0. The van der Waals surface area contributed by atoms with Crippen LogP contribution in [0.4, 0.5) is 0 Å². The summed E-state index contributed by atoms with van der Waals surface area (Å²) < 4.78 is 0. The van der Waals surface area contributed by atoms with Crippen molar-refractivity contribution in [2.45, 2.75) is 6.04 Å². The van der Waals surface area contributed by atoms with Gasteiger partial charge in [0.2, 0.25) is 0 Å². The van der Waals surface area contributed by atoms with E-state index in [1.807, 2.05) is 0 Å². The molecule has 0 spiro atoms. The maximum Gasteiger partial charge on any atom is 0.261 e. The first-order valence-electron chi connectivity index (χ1n) is 6.30. The molecular formula is C16H16Cl2N2O4Sc-2. The molecule has 1 aromatic heterocycles. The standard InChI is InChI=1S/C16H12Cl2N2O2.2H2O.Sc/c1-3-9(2)19-15(21)11-5-7-14(20-16(11)22)10-4-6-12(17)13(18)8-10;;;/h1,3-9H,2H2,(H,19,21)(H,20,22);2*1H2;/q-2;;;/t9-;;;/m0.../s1. The number of hydrogen-bond acceptors (Lipinski definition) is 2. The molecule has 0 unspecified atom stereocenters. The Morgan fingerprint density at radius 3 is 2.36 bits per heavy atom. The molecule has 1 radical (unpaired) electrons. The Kier molecular flexibility index (Phi) is 11.8. The number of benzene rings is 1. The minimum atomic E-state index is -0.582. The molecule has 9 heteroatoms. The molecule has 1 aromatic carbocycles. The summed E-state index contributed by atoms with van der Waals surface area (Å²) in [5.74, 6) is -0.552. The average molecular weight is 416 g/mol. The summed E-state index contributed by atoms with van der Waals surface area (Å²) >= 11 is 11.8. The summed E-state index contributed by atoms with van der Waals surface area (Å²) in [6.45, 7) is 8.83. The minimum Gasteiger partial charge on any atom is -0.519 e. The molecule has 2 rings (SSSR count). The van der Waals surface area contributed by atoms with Crippen molar-refractivity contribution in [3.8, 4) is 11.3 Å². The molecule has 0 aliphatic carbocycles. The van der Waals surface area contributed by atoms with Crippen LogP contribution in [0.1, 0.15) is 10.4 Å². The SMILES string of the molecule is O.O.[CH-]=C[C@H]([CH2-])NC(=O)c1ccc(-c2ccc(Cl)c(Cl)c2)[nH]c1=O.[Sc]. The maximum absolute atomic E-state index is 12.0. The van der Waals surface area contributed by atoms with Crippen molar-refractivity contribution in [1.29, 1.82) is 0 Å². The molecular weight excluding hydrogens is 400 g/mol. The molecule has 0 saturated heterocycles. The molecule has 6 nitrogen and oxygen atoms in total. The second-order valence-corrected chi connectivity index (χ2v) is 5.33. The van der Waals surface area contributed by atoms with Gasteiger partial charge in [-0.2, -0.15) is 0 Å². The second kappa shape index (κ2) is 11.4. The van der Waals surface area contributed by atoms with E-state index in [1.54, 1.807) is 24.3 Å². The van der Waals surface area contributed by atoms with Crippen LogP contribution >= 0.6 is 23.2 Å². The molecule has 1 amide bonds. The zero-order chi connectivity index (χ0) is 16.3. The monoisotopic (exact) mass is 415 g/mol. The van der Waals surface area contributed by atoms with Gasteiger partial charge in [0, 0.05) is 31.5 Å². The van der Waals surface area contributed by atoms with Crippen LogP contribution in [0.25, 0.3) is 11.3 Å². The van der Waals surface area contributed by atoms with Gasteiger partial charge in [-0.3, -0.25) is 15.7 Å². The molecule has 0 aliphatic rings. The molecule has 0 saturated carbocycles. The van der Waals surface area contributed by atoms with Gasteiger partial charge in [-0.1, -0.05) is 29.3 Å². The number of amides is 1. The molecule has 1 heterocycles. The molecule has 0 fully saturated rings. The van der Waals surface area contributed by atoms with E-state index in [9.17, 15) is 9.59 Å². The number of pyridine rings is 1. The molecule has 1 atom stereocenters. The smallest absolute Gasteiger partial charge is 0.261 e. The van der Waals surface area contributed by atoms with E-state index in [0.29, 0.717) is 21.3 Å². The Morgan fingerprint density at radius 2 is 1.84 bits per heavy atom. The van der Waals surface area contributed by atoms with E-state index in [0.717, 1.165) is 0 Å². The van der Waals surface area contributed by atoms with Gasteiger partial charge in [0.05, 0.1) is 10.0 Å². The zero-order valence-electron chi connectivity index (χ0n) is 13.0. The first-order chi connectivity index (χ1) is 10.4.